The highest BCUT2D eigenvalue weighted by Crippen LogP contribution is 2.22. The molecule has 0 radical (unpaired) electrons. The maximum absolute atomic E-state index is 13.2. The first-order valence-electron chi connectivity index (χ1n) is 22.1. The molecule has 0 spiro atoms. The van der Waals surface area contributed by atoms with Crippen LogP contribution in [0, 0.1) is 11.8 Å². The van der Waals surface area contributed by atoms with E-state index in [0.717, 1.165) is 64.2 Å². The summed E-state index contributed by atoms with van der Waals surface area (Å²) in [6.07, 6.45) is 27.2. The van der Waals surface area contributed by atoms with Gasteiger partial charge in [-0.15, -0.1) is 0 Å². The molecule has 0 aliphatic carbocycles. The molecule has 0 saturated heterocycles. The zero-order valence-corrected chi connectivity index (χ0v) is 36.1. The van der Waals surface area contributed by atoms with Gasteiger partial charge < -0.3 is 19.3 Å². The van der Waals surface area contributed by atoms with Crippen LogP contribution >= 0.6 is 0 Å². The summed E-state index contributed by atoms with van der Waals surface area (Å²) in [5.41, 5.74) is 0. The first-order chi connectivity index (χ1) is 24.8. The first-order valence-corrected chi connectivity index (χ1v) is 22.1. The Morgan fingerprint density at radius 1 is 0.451 bits per heavy atom. The Morgan fingerprint density at radius 3 is 1.02 bits per heavy atom. The fraction of sp³-hybridized carbons (Fsp3) is 0.932. The Morgan fingerprint density at radius 2 is 0.725 bits per heavy atom. The molecule has 0 aromatic carbocycles. The second-order valence-corrected chi connectivity index (χ2v) is 14.2. The number of rotatable bonds is 34. The third kappa shape index (κ3) is 35.2. The van der Waals surface area contributed by atoms with Crippen molar-refractivity contribution in [3.63, 3.8) is 0 Å². The van der Waals surface area contributed by atoms with Crippen LogP contribution in [-0.4, -0.2) is 74.6 Å². The Labute approximate surface area is 319 Å². The van der Waals surface area contributed by atoms with Crippen molar-refractivity contribution < 1.29 is 23.9 Å². The van der Waals surface area contributed by atoms with Crippen LogP contribution in [0.25, 0.3) is 0 Å². The zero-order valence-electron chi connectivity index (χ0n) is 36.1. The Bertz CT molecular complexity index is 695. The van der Waals surface area contributed by atoms with E-state index in [-0.39, 0.29) is 49.4 Å². The molecule has 0 heterocycles. The molecular formula is C44H90N2O5. The molecule has 0 bridgehead atoms. The lowest BCUT2D eigenvalue weighted by atomic mass is 9.94. The third-order valence-corrected chi connectivity index (χ3v) is 9.31. The van der Waals surface area contributed by atoms with Crippen molar-refractivity contribution in [2.75, 3.05) is 46.9 Å². The fourth-order valence-electron chi connectivity index (χ4n) is 6.22. The van der Waals surface area contributed by atoms with E-state index < -0.39 is 0 Å². The van der Waals surface area contributed by atoms with Crippen LogP contribution in [0.15, 0.2) is 0 Å². The summed E-state index contributed by atoms with van der Waals surface area (Å²) in [6.45, 7) is 18.1. The van der Waals surface area contributed by atoms with E-state index in [1.165, 1.54) is 89.9 Å². The number of hydrogen-bond donors (Lipinski definition) is 0. The molecule has 306 valence electrons. The molecule has 0 saturated carbocycles. The Hall–Kier alpha value is -1.63. The minimum absolute atomic E-state index is 0.0477. The van der Waals surface area contributed by atoms with Gasteiger partial charge in [0.1, 0.15) is 13.2 Å². The summed E-state index contributed by atoms with van der Waals surface area (Å²) in [7, 11) is 3.74. The lowest BCUT2D eigenvalue weighted by Gasteiger charge is -2.25. The van der Waals surface area contributed by atoms with Crippen LogP contribution in [-0.2, 0) is 23.9 Å². The van der Waals surface area contributed by atoms with Crippen molar-refractivity contribution in [3.8, 4) is 0 Å². The van der Waals surface area contributed by atoms with Crippen LogP contribution in [0.2, 0.25) is 0 Å². The molecule has 0 aliphatic heterocycles. The van der Waals surface area contributed by atoms with Crippen LogP contribution in [0.1, 0.15) is 209 Å². The van der Waals surface area contributed by atoms with Gasteiger partial charge in [0, 0.05) is 0 Å². The number of unbranched alkanes of at least 4 members (excludes halogenated alkanes) is 16. The van der Waals surface area contributed by atoms with Crippen molar-refractivity contribution >= 4 is 17.8 Å². The summed E-state index contributed by atoms with van der Waals surface area (Å²) in [4.78, 5) is 42.9. The van der Waals surface area contributed by atoms with Gasteiger partial charge in [0.05, 0.1) is 31.5 Å². The Kier molecular flexibility index (Phi) is 45.1. The van der Waals surface area contributed by atoms with Gasteiger partial charge in [-0.25, -0.2) is 0 Å². The molecule has 0 aliphatic rings. The highest BCUT2D eigenvalue weighted by Gasteiger charge is 2.23. The van der Waals surface area contributed by atoms with E-state index >= 15 is 0 Å². The molecule has 7 nitrogen and oxygen atoms in total. The topological polar surface area (TPSA) is 76.1 Å². The molecule has 0 aromatic rings. The molecule has 0 rings (SSSR count). The van der Waals surface area contributed by atoms with Crippen molar-refractivity contribution in [1.82, 2.24) is 9.80 Å². The van der Waals surface area contributed by atoms with E-state index in [1.807, 2.05) is 46.7 Å². The first kappa shape index (κ1) is 53.7. The van der Waals surface area contributed by atoms with Gasteiger partial charge in [-0.05, 0) is 39.8 Å². The van der Waals surface area contributed by atoms with E-state index in [4.69, 9.17) is 9.47 Å². The number of carbonyl (C=O) groups is 3. The third-order valence-electron chi connectivity index (χ3n) is 9.31. The summed E-state index contributed by atoms with van der Waals surface area (Å²) >= 11 is 0. The molecule has 0 N–H and O–H groups in total. The molecule has 2 unspecified atom stereocenters. The lowest BCUT2D eigenvalue weighted by molar-refractivity contribution is -0.152. The largest absolute Gasteiger partial charge is 0.464 e. The van der Waals surface area contributed by atoms with Crippen molar-refractivity contribution in [2.45, 2.75) is 209 Å². The van der Waals surface area contributed by atoms with Gasteiger partial charge in [-0.2, -0.15) is 0 Å². The number of likely N-dealkylation sites (N-methyl/N-ethyl adjacent to an activating group) is 1. The van der Waals surface area contributed by atoms with Crippen LogP contribution < -0.4 is 0 Å². The van der Waals surface area contributed by atoms with Gasteiger partial charge in [-0.1, -0.05) is 184 Å². The molecule has 0 aromatic heterocycles. The van der Waals surface area contributed by atoms with Crippen molar-refractivity contribution in [1.29, 1.82) is 0 Å². The molecule has 0 fully saturated rings. The predicted octanol–water partition coefficient (Wildman–Crippen LogP) is 12.2. The SMILES string of the molecule is CC.CC.CCCCCCCCC(CCCCCC)C(=O)OCCN(CCOC(=O)C(CCCCCC)CCCCCCCC)C(=O)CN(C)C. The number of amides is 1. The lowest BCUT2D eigenvalue weighted by Crippen LogP contribution is -2.42. The number of esters is 2. The van der Waals surface area contributed by atoms with Gasteiger partial charge in [0.15, 0.2) is 0 Å². The molecule has 51 heavy (non-hydrogen) atoms. The predicted molar refractivity (Wildman–Crippen MR) is 220 cm³/mol. The number of ether oxygens (including phenoxy) is 2. The number of carbonyl (C=O) groups excluding carboxylic acids is 3. The minimum Gasteiger partial charge on any atom is -0.464 e. The van der Waals surface area contributed by atoms with Gasteiger partial charge >= 0.3 is 11.9 Å². The zero-order chi connectivity index (χ0) is 39.0. The molecule has 7 heteroatoms. The van der Waals surface area contributed by atoms with E-state index in [9.17, 15) is 14.4 Å². The van der Waals surface area contributed by atoms with Crippen LogP contribution in [0.4, 0.5) is 0 Å². The summed E-state index contributed by atoms with van der Waals surface area (Å²) in [6, 6.07) is 0. The normalized spacial score (nSPS) is 11.9. The second kappa shape index (κ2) is 42.8. The van der Waals surface area contributed by atoms with Crippen LogP contribution in [0.3, 0.4) is 0 Å². The average molecular weight is 727 g/mol. The Balaban J connectivity index is -0.00000554. The summed E-state index contributed by atoms with van der Waals surface area (Å²) in [5, 5.41) is 0. The highest BCUT2D eigenvalue weighted by atomic mass is 16.5. The van der Waals surface area contributed by atoms with E-state index in [2.05, 4.69) is 27.7 Å². The van der Waals surface area contributed by atoms with Gasteiger partial charge in [-0.3, -0.25) is 14.4 Å². The highest BCUT2D eigenvalue weighted by molar-refractivity contribution is 5.78. The average Bonchev–Trinajstić information content (AvgIpc) is 3.13. The van der Waals surface area contributed by atoms with Crippen molar-refractivity contribution in [3.05, 3.63) is 0 Å². The van der Waals surface area contributed by atoms with Gasteiger partial charge in [0.2, 0.25) is 5.91 Å². The summed E-state index contributed by atoms with van der Waals surface area (Å²) in [5.74, 6) is -0.422. The second-order valence-electron chi connectivity index (χ2n) is 14.2. The molecule has 1 amide bonds. The maximum atomic E-state index is 13.2. The fourth-order valence-corrected chi connectivity index (χ4v) is 6.22. The standard InChI is InChI=1S/C40H78N2O5.2C2H6/c1-7-11-15-19-21-25-29-36(27-23-17-13-9-3)39(44)46-33-31-42(38(43)35-41(5)6)32-34-47-40(45)37(28-24-18-14-10-4)30-26-22-20-16-12-8-2;2*1-2/h36-37H,7-35H2,1-6H3;2*1-2H3. The van der Waals surface area contributed by atoms with E-state index in [1.54, 1.807) is 4.90 Å². The maximum Gasteiger partial charge on any atom is 0.308 e. The number of nitrogens with zero attached hydrogens (tertiary/aromatic N) is 2. The number of hydrogen-bond acceptors (Lipinski definition) is 6. The quantitative estimate of drug-likeness (QED) is 0.0485. The molecular weight excluding hydrogens is 636 g/mol. The van der Waals surface area contributed by atoms with Crippen molar-refractivity contribution in [2.24, 2.45) is 11.8 Å². The van der Waals surface area contributed by atoms with Gasteiger partial charge in [0.25, 0.3) is 0 Å². The minimum atomic E-state index is -0.123. The smallest absolute Gasteiger partial charge is 0.308 e. The van der Waals surface area contributed by atoms with E-state index in [0.29, 0.717) is 13.1 Å². The summed E-state index contributed by atoms with van der Waals surface area (Å²) < 4.78 is 11.6. The van der Waals surface area contributed by atoms with Crippen LogP contribution in [0.5, 0.6) is 0 Å². The molecule has 2 atom stereocenters. The monoisotopic (exact) mass is 727 g/mol.